The maximum Gasteiger partial charge on any atom is 0.336 e. The Labute approximate surface area is 183 Å². The molecule has 2 aromatic rings. The topological polar surface area (TPSA) is 55.7 Å². The van der Waals surface area contributed by atoms with Gasteiger partial charge in [0.1, 0.15) is 11.7 Å². The van der Waals surface area contributed by atoms with E-state index in [-0.39, 0.29) is 24.0 Å². The molecule has 0 bridgehead atoms. The summed E-state index contributed by atoms with van der Waals surface area (Å²) in [5.74, 6) is -0.0601. The van der Waals surface area contributed by atoms with Gasteiger partial charge in [0.25, 0.3) is 0 Å². The summed E-state index contributed by atoms with van der Waals surface area (Å²) in [6.45, 7) is 2.89. The number of piperidine rings is 1. The zero-order valence-corrected chi connectivity index (χ0v) is 18.7. The summed E-state index contributed by atoms with van der Waals surface area (Å²) in [6.07, 6.45) is 9.95. The van der Waals surface area contributed by atoms with E-state index in [0.717, 1.165) is 19.4 Å². The number of hydrogen-bond donors (Lipinski definition) is 1. The van der Waals surface area contributed by atoms with Crippen molar-refractivity contribution in [3.05, 3.63) is 59.6 Å². The lowest BCUT2D eigenvalue weighted by molar-refractivity contribution is -0.161. The van der Waals surface area contributed by atoms with Crippen LogP contribution in [0.4, 0.5) is 0 Å². The highest BCUT2D eigenvalue weighted by atomic mass is 16.5. The van der Waals surface area contributed by atoms with Crippen LogP contribution in [-0.2, 0) is 33.3 Å². The predicted octanol–water partition coefficient (Wildman–Crippen LogP) is 3.22. The summed E-state index contributed by atoms with van der Waals surface area (Å²) in [6, 6.07) is 6.79. The molecule has 4 atom stereocenters. The fourth-order valence-corrected chi connectivity index (χ4v) is 5.90. The highest BCUT2D eigenvalue weighted by Gasteiger charge is 2.52. The second-order valence-electron chi connectivity index (χ2n) is 9.24. The Morgan fingerprint density at radius 3 is 2.90 bits per heavy atom. The van der Waals surface area contributed by atoms with Crippen LogP contribution in [0.1, 0.15) is 30.9 Å². The number of carbonyl (C=O) groups is 1. The number of fused-ring (bicyclic) bond motifs is 2. The normalized spacial score (nSPS) is 28.6. The molecular formula is C25H31N3O3. The Balaban J connectivity index is 1.47. The van der Waals surface area contributed by atoms with Crippen molar-refractivity contribution >= 4 is 16.9 Å². The van der Waals surface area contributed by atoms with Crippen molar-refractivity contribution in [1.82, 2.24) is 14.8 Å². The molecule has 31 heavy (non-hydrogen) atoms. The van der Waals surface area contributed by atoms with Crippen LogP contribution in [0.2, 0.25) is 0 Å². The fourth-order valence-electron chi connectivity index (χ4n) is 5.90. The number of aryl methyl sites for hydroxylation is 1. The van der Waals surface area contributed by atoms with E-state index in [1.807, 2.05) is 26.3 Å². The second kappa shape index (κ2) is 7.53. The van der Waals surface area contributed by atoms with Crippen molar-refractivity contribution < 1.29 is 14.3 Å². The molecule has 3 heterocycles. The van der Waals surface area contributed by atoms with Gasteiger partial charge < -0.3 is 19.4 Å². The number of methoxy groups -OCH3 is 1. The van der Waals surface area contributed by atoms with E-state index in [4.69, 9.17) is 9.47 Å². The number of hydrogen-bond acceptors (Lipinski definition) is 5. The zero-order valence-electron chi connectivity index (χ0n) is 18.7. The minimum atomic E-state index is -0.416. The molecule has 0 saturated carbocycles. The molecule has 6 heteroatoms. The highest BCUT2D eigenvalue weighted by molar-refractivity contribution is 5.90. The molecule has 0 spiro atoms. The summed E-state index contributed by atoms with van der Waals surface area (Å²) in [5.41, 5.74) is 4.14. The third-order valence-electron chi connectivity index (χ3n) is 7.51. The fraction of sp³-hybridized carbons (Fsp3) is 0.480. The number of ether oxygens (including phenoxy) is 2. The first-order valence-electron chi connectivity index (χ1n) is 11.1. The second-order valence-corrected chi connectivity index (χ2v) is 9.24. The van der Waals surface area contributed by atoms with Gasteiger partial charge in [-0.15, -0.1) is 0 Å². The summed E-state index contributed by atoms with van der Waals surface area (Å²) >= 11 is 0. The molecule has 1 N–H and O–H groups in total. The van der Waals surface area contributed by atoms with Crippen molar-refractivity contribution in [3.63, 3.8) is 0 Å². The maximum atomic E-state index is 12.7. The van der Waals surface area contributed by atoms with E-state index in [1.54, 1.807) is 6.20 Å². The summed E-state index contributed by atoms with van der Waals surface area (Å²) < 4.78 is 14.5. The highest BCUT2D eigenvalue weighted by Crippen LogP contribution is 2.50. The minimum Gasteiger partial charge on any atom is -0.459 e. The van der Waals surface area contributed by atoms with Gasteiger partial charge in [-0.05, 0) is 50.2 Å². The first-order chi connectivity index (χ1) is 14.9. The number of nitrogens with zero attached hydrogens (tertiary/aromatic N) is 2. The average molecular weight is 422 g/mol. The zero-order chi connectivity index (χ0) is 21.8. The van der Waals surface area contributed by atoms with Crippen molar-refractivity contribution in [2.75, 3.05) is 20.7 Å². The van der Waals surface area contributed by atoms with Crippen molar-refractivity contribution in [3.8, 4) is 0 Å². The molecule has 6 nitrogen and oxygen atoms in total. The largest absolute Gasteiger partial charge is 0.459 e. The van der Waals surface area contributed by atoms with Gasteiger partial charge >= 0.3 is 5.97 Å². The van der Waals surface area contributed by atoms with E-state index < -0.39 is 5.60 Å². The van der Waals surface area contributed by atoms with Crippen LogP contribution in [0.5, 0.6) is 0 Å². The third-order valence-corrected chi connectivity index (χ3v) is 7.51. The van der Waals surface area contributed by atoms with Crippen molar-refractivity contribution in [2.45, 2.75) is 43.9 Å². The Bertz CT molecular complexity index is 1090. The number of benzene rings is 1. The molecular weight excluding hydrogens is 390 g/mol. The van der Waals surface area contributed by atoms with Crippen LogP contribution in [0.15, 0.2) is 48.4 Å². The van der Waals surface area contributed by atoms with Gasteiger partial charge in [-0.25, -0.2) is 4.79 Å². The standard InChI is InChI=1S/C25H31N3O3/c1-16(31-24(29)17-7-6-10-26-13-17)19-12-25(30-4)20-8-5-9-21-23(20)18(14-27(21)2)11-22(25)28(3)15-19/h5-6,8-10,13-14,16,19,22,26H,7,11-12,15H2,1-4H3/t16?,19-,22-,25?/m1/s1. The molecule has 1 aromatic heterocycles. The number of dihydropyridines is 1. The predicted molar refractivity (Wildman–Crippen MR) is 120 cm³/mol. The van der Waals surface area contributed by atoms with E-state index in [1.165, 1.54) is 22.0 Å². The van der Waals surface area contributed by atoms with Gasteiger partial charge in [-0.1, -0.05) is 18.2 Å². The molecule has 2 aliphatic heterocycles. The molecule has 1 aromatic carbocycles. The Kier molecular flexibility index (Phi) is 4.94. The van der Waals surface area contributed by atoms with E-state index in [9.17, 15) is 4.79 Å². The molecule has 1 aliphatic carbocycles. The Morgan fingerprint density at radius 2 is 2.16 bits per heavy atom. The van der Waals surface area contributed by atoms with E-state index in [2.05, 4.69) is 53.3 Å². The number of likely N-dealkylation sites (N-methyl/N-ethyl adjacent to an activating group) is 1. The van der Waals surface area contributed by atoms with Crippen LogP contribution < -0.4 is 5.32 Å². The summed E-state index contributed by atoms with van der Waals surface area (Å²) in [5, 5.41) is 4.30. The van der Waals surface area contributed by atoms with E-state index in [0.29, 0.717) is 12.0 Å². The lowest BCUT2D eigenvalue weighted by Crippen LogP contribution is -2.60. The summed E-state index contributed by atoms with van der Waals surface area (Å²) in [7, 11) is 6.12. The lowest BCUT2D eigenvalue weighted by atomic mass is 9.68. The maximum absolute atomic E-state index is 12.7. The van der Waals surface area contributed by atoms with Crippen LogP contribution in [0.25, 0.3) is 10.9 Å². The smallest absolute Gasteiger partial charge is 0.336 e. The van der Waals surface area contributed by atoms with Gasteiger partial charge in [-0.2, -0.15) is 0 Å². The van der Waals surface area contributed by atoms with E-state index >= 15 is 0 Å². The monoisotopic (exact) mass is 421 g/mol. The first kappa shape index (κ1) is 20.3. The number of carbonyl (C=O) groups excluding carboxylic acids is 1. The third kappa shape index (κ3) is 3.12. The number of esters is 1. The number of allylic oxidation sites excluding steroid dienone is 1. The van der Waals surface area contributed by atoms with Crippen LogP contribution in [-0.4, -0.2) is 48.3 Å². The first-order valence-corrected chi connectivity index (χ1v) is 11.1. The van der Waals surface area contributed by atoms with Gasteiger partial charge in [-0.3, -0.25) is 4.90 Å². The quantitative estimate of drug-likeness (QED) is 0.769. The van der Waals surface area contributed by atoms with Crippen molar-refractivity contribution in [2.24, 2.45) is 13.0 Å². The average Bonchev–Trinajstić information content (AvgIpc) is 3.11. The molecule has 3 aliphatic rings. The van der Waals surface area contributed by atoms with Crippen LogP contribution in [0.3, 0.4) is 0 Å². The Hall–Kier alpha value is -2.57. The number of aromatic nitrogens is 1. The number of rotatable bonds is 4. The molecule has 5 rings (SSSR count). The molecule has 1 fully saturated rings. The molecule has 0 amide bonds. The van der Waals surface area contributed by atoms with Gasteiger partial charge in [0, 0.05) is 62.4 Å². The molecule has 2 unspecified atom stereocenters. The lowest BCUT2D eigenvalue weighted by Gasteiger charge is -2.53. The molecule has 164 valence electrons. The van der Waals surface area contributed by atoms with Crippen LogP contribution in [0, 0.1) is 5.92 Å². The van der Waals surface area contributed by atoms with Crippen molar-refractivity contribution in [1.29, 1.82) is 0 Å². The molecule has 1 saturated heterocycles. The molecule has 0 radical (unpaired) electrons. The number of nitrogens with one attached hydrogen (secondary N) is 1. The minimum absolute atomic E-state index is 0.179. The Morgan fingerprint density at radius 1 is 1.32 bits per heavy atom. The summed E-state index contributed by atoms with van der Waals surface area (Å²) in [4.78, 5) is 15.1. The van der Waals surface area contributed by atoms with Gasteiger partial charge in [0.15, 0.2) is 0 Å². The van der Waals surface area contributed by atoms with Gasteiger partial charge in [0.2, 0.25) is 0 Å². The SMILES string of the molecule is COC12C[C@@H](C(C)OC(=O)C3=CNC=CC3)CN(C)[C@@H]1Cc1cn(C)c3cccc2c13. The van der Waals surface area contributed by atoms with Crippen LogP contribution >= 0.6 is 0 Å². The van der Waals surface area contributed by atoms with Gasteiger partial charge in [0.05, 0.1) is 5.57 Å². The number of likely N-dealkylation sites (tertiary alicyclic amines) is 1.